The van der Waals surface area contributed by atoms with Crippen molar-refractivity contribution >= 4 is 0 Å². The number of ether oxygens (including phenoxy) is 1. The highest BCUT2D eigenvalue weighted by Crippen LogP contribution is 2.34. The number of rotatable bonds is 6. The lowest BCUT2D eigenvalue weighted by molar-refractivity contribution is 0.0554. The minimum atomic E-state index is 0.486. The van der Waals surface area contributed by atoms with Gasteiger partial charge in [0.2, 0.25) is 0 Å². The molecule has 0 aromatic carbocycles. The van der Waals surface area contributed by atoms with Crippen LogP contribution in [0.15, 0.2) is 0 Å². The van der Waals surface area contributed by atoms with Crippen LogP contribution < -0.4 is 5.32 Å². The van der Waals surface area contributed by atoms with Gasteiger partial charge in [0.1, 0.15) is 0 Å². The van der Waals surface area contributed by atoms with Crippen LogP contribution in [0.25, 0.3) is 0 Å². The van der Waals surface area contributed by atoms with Crippen molar-refractivity contribution in [3.63, 3.8) is 0 Å². The second-order valence-electron chi connectivity index (χ2n) is 6.10. The average Bonchev–Trinajstić information content (AvgIpc) is 2.70. The molecule has 0 aromatic rings. The van der Waals surface area contributed by atoms with Crippen LogP contribution in [0.3, 0.4) is 0 Å². The van der Waals surface area contributed by atoms with Gasteiger partial charge in [0.05, 0.1) is 6.10 Å². The van der Waals surface area contributed by atoms with Crippen molar-refractivity contribution in [2.24, 2.45) is 11.8 Å². The largest absolute Gasteiger partial charge is 0.380 e. The number of hydrogen-bond acceptors (Lipinski definition) is 3. The zero-order valence-corrected chi connectivity index (χ0v) is 11.6. The van der Waals surface area contributed by atoms with Gasteiger partial charge >= 0.3 is 0 Å². The zero-order valence-electron chi connectivity index (χ0n) is 11.6. The predicted molar refractivity (Wildman–Crippen MR) is 71.2 cm³/mol. The molecular formula is C14H28N2O. The van der Waals surface area contributed by atoms with Gasteiger partial charge in [-0.1, -0.05) is 13.8 Å². The van der Waals surface area contributed by atoms with Crippen LogP contribution >= 0.6 is 0 Å². The second kappa shape index (κ2) is 6.17. The third-order valence-corrected chi connectivity index (χ3v) is 4.32. The molecule has 2 aliphatic rings. The summed E-state index contributed by atoms with van der Waals surface area (Å²) in [5.74, 6) is 1.64. The maximum absolute atomic E-state index is 5.45. The van der Waals surface area contributed by atoms with E-state index in [1.165, 1.54) is 32.4 Å². The molecule has 0 radical (unpaired) electrons. The third kappa shape index (κ3) is 3.43. The Morgan fingerprint density at radius 3 is 2.65 bits per heavy atom. The Kier molecular flexibility index (Phi) is 4.83. The van der Waals surface area contributed by atoms with Gasteiger partial charge in [-0.3, -0.25) is 4.90 Å². The Bertz CT molecular complexity index is 232. The van der Waals surface area contributed by atoms with Crippen molar-refractivity contribution in [1.82, 2.24) is 10.2 Å². The van der Waals surface area contributed by atoms with Crippen LogP contribution in [-0.4, -0.2) is 50.3 Å². The standard InChI is InChI=1S/C14H28N2O/c1-11(2)8-15-9-12-4-5-14(12)16-7-6-13(10-16)17-3/h11-15H,4-10H2,1-3H3. The summed E-state index contributed by atoms with van der Waals surface area (Å²) in [7, 11) is 1.84. The quantitative estimate of drug-likeness (QED) is 0.765. The minimum absolute atomic E-state index is 0.486. The Labute approximate surface area is 106 Å². The highest BCUT2D eigenvalue weighted by Gasteiger charge is 2.38. The van der Waals surface area contributed by atoms with Gasteiger partial charge in [-0.25, -0.2) is 0 Å². The van der Waals surface area contributed by atoms with Crippen LogP contribution in [0.2, 0.25) is 0 Å². The van der Waals surface area contributed by atoms with Crippen molar-refractivity contribution < 1.29 is 4.74 Å². The summed E-state index contributed by atoms with van der Waals surface area (Å²) in [4.78, 5) is 2.65. The van der Waals surface area contributed by atoms with Crippen molar-refractivity contribution in [1.29, 1.82) is 0 Å². The lowest BCUT2D eigenvalue weighted by Gasteiger charge is -2.43. The van der Waals surface area contributed by atoms with E-state index in [4.69, 9.17) is 4.74 Å². The third-order valence-electron chi connectivity index (χ3n) is 4.32. The maximum Gasteiger partial charge on any atom is 0.0710 e. The topological polar surface area (TPSA) is 24.5 Å². The molecule has 1 aliphatic carbocycles. The van der Waals surface area contributed by atoms with Crippen LogP contribution in [0.5, 0.6) is 0 Å². The monoisotopic (exact) mass is 240 g/mol. The molecule has 1 aliphatic heterocycles. The van der Waals surface area contributed by atoms with Crippen molar-refractivity contribution in [2.75, 3.05) is 33.3 Å². The summed E-state index contributed by atoms with van der Waals surface area (Å²) in [5.41, 5.74) is 0. The molecule has 1 heterocycles. The molecule has 2 rings (SSSR count). The van der Waals surface area contributed by atoms with Gasteiger partial charge in [-0.2, -0.15) is 0 Å². The molecule has 100 valence electrons. The maximum atomic E-state index is 5.45. The summed E-state index contributed by atoms with van der Waals surface area (Å²) in [6, 6.07) is 0.829. The molecule has 1 saturated heterocycles. The van der Waals surface area contributed by atoms with E-state index in [2.05, 4.69) is 24.1 Å². The highest BCUT2D eigenvalue weighted by molar-refractivity contribution is 4.93. The molecule has 3 atom stereocenters. The number of nitrogens with zero attached hydrogens (tertiary/aromatic N) is 1. The first kappa shape index (κ1) is 13.3. The second-order valence-corrected chi connectivity index (χ2v) is 6.10. The molecule has 0 aromatic heterocycles. The summed E-state index contributed by atoms with van der Waals surface area (Å²) in [5, 5.41) is 3.61. The molecule has 3 nitrogen and oxygen atoms in total. The fourth-order valence-electron chi connectivity index (χ4n) is 3.08. The average molecular weight is 240 g/mol. The zero-order chi connectivity index (χ0) is 12.3. The molecule has 1 N–H and O–H groups in total. The predicted octanol–water partition coefficient (Wildman–Crippen LogP) is 1.73. The Balaban J connectivity index is 1.68. The van der Waals surface area contributed by atoms with Gasteiger partial charge < -0.3 is 10.1 Å². The lowest BCUT2D eigenvalue weighted by atomic mass is 9.78. The summed E-state index contributed by atoms with van der Waals surface area (Å²) in [6.45, 7) is 9.30. The molecule has 0 amide bonds. The number of hydrogen-bond donors (Lipinski definition) is 1. The summed E-state index contributed by atoms with van der Waals surface area (Å²) >= 11 is 0. The van der Waals surface area contributed by atoms with Crippen molar-refractivity contribution in [3.8, 4) is 0 Å². The van der Waals surface area contributed by atoms with Gasteiger partial charge in [0.25, 0.3) is 0 Å². The molecule has 0 spiro atoms. The van der Waals surface area contributed by atoms with E-state index >= 15 is 0 Å². The smallest absolute Gasteiger partial charge is 0.0710 e. The Hall–Kier alpha value is -0.120. The number of likely N-dealkylation sites (tertiary alicyclic amines) is 1. The van der Waals surface area contributed by atoms with E-state index in [0.29, 0.717) is 6.10 Å². The van der Waals surface area contributed by atoms with E-state index in [1.807, 2.05) is 7.11 Å². The molecule has 2 fully saturated rings. The van der Waals surface area contributed by atoms with Crippen LogP contribution in [0, 0.1) is 11.8 Å². The van der Waals surface area contributed by atoms with E-state index < -0.39 is 0 Å². The number of nitrogens with one attached hydrogen (secondary N) is 1. The van der Waals surface area contributed by atoms with Gasteiger partial charge in [-0.05, 0) is 44.2 Å². The van der Waals surface area contributed by atoms with E-state index in [0.717, 1.165) is 31.0 Å². The molecule has 3 heteroatoms. The number of methoxy groups -OCH3 is 1. The normalized spacial score (nSPS) is 34.2. The molecule has 0 bridgehead atoms. The van der Waals surface area contributed by atoms with Gasteiger partial charge in [0.15, 0.2) is 0 Å². The SMILES string of the molecule is COC1CCN(C2CCC2CNCC(C)C)C1. The summed E-state index contributed by atoms with van der Waals surface area (Å²) in [6.07, 6.45) is 4.51. The summed E-state index contributed by atoms with van der Waals surface area (Å²) < 4.78 is 5.45. The molecule has 17 heavy (non-hydrogen) atoms. The fraction of sp³-hybridized carbons (Fsp3) is 1.00. The Morgan fingerprint density at radius 1 is 1.29 bits per heavy atom. The van der Waals surface area contributed by atoms with Crippen molar-refractivity contribution in [3.05, 3.63) is 0 Å². The van der Waals surface area contributed by atoms with E-state index in [9.17, 15) is 0 Å². The minimum Gasteiger partial charge on any atom is -0.380 e. The first-order valence-electron chi connectivity index (χ1n) is 7.18. The molecule has 3 unspecified atom stereocenters. The molecular weight excluding hydrogens is 212 g/mol. The van der Waals surface area contributed by atoms with Crippen LogP contribution in [-0.2, 0) is 4.74 Å². The first-order chi connectivity index (χ1) is 8.20. The van der Waals surface area contributed by atoms with Gasteiger partial charge in [0, 0.05) is 26.2 Å². The van der Waals surface area contributed by atoms with Crippen LogP contribution in [0.4, 0.5) is 0 Å². The fourth-order valence-corrected chi connectivity index (χ4v) is 3.08. The van der Waals surface area contributed by atoms with E-state index in [-0.39, 0.29) is 0 Å². The first-order valence-corrected chi connectivity index (χ1v) is 7.18. The molecule has 1 saturated carbocycles. The lowest BCUT2D eigenvalue weighted by Crippen LogP contribution is -2.50. The van der Waals surface area contributed by atoms with Crippen LogP contribution in [0.1, 0.15) is 33.1 Å². The van der Waals surface area contributed by atoms with Crippen molar-refractivity contribution in [2.45, 2.75) is 45.3 Å². The Morgan fingerprint density at radius 2 is 2.12 bits per heavy atom. The van der Waals surface area contributed by atoms with Gasteiger partial charge in [-0.15, -0.1) is 0 Å². The highest BCUT2D eigenvalue weighted by atomic mass is 16.5. The van der Waals surface area contributed by atoms with E-state index in [1.54, 1.807) is 0 Å².